The highest BCUT2D eigenvalue weighted by Crippen LogP contribution is 2.24. The van der Waals surface area contributed by atoms with Crippen LogP contribution < -0.4 is 15.4 Å². The largest absolute Gasteiger partial charge is 0.496 e. The summed E-state index contributed by atoms with van der Waals surface area (Å²) >= 11 is 0. The van der Waals surface area contributed by atoms with Crippen molar-refractivity contribution in [2.24, 2.45) is 0 Å². The molecule has 127 valence electrons. The van der Waals surface area contributed by atoms with E-state index in [0.717, 1.165) is 37.1 Å². The van der Waals surface area contributed by atoms with Gasteiger partial charge in [-0.05, 0) is 58.6 Å². The molecule has 2 rings (SSSR count). The van der Waals surface area contributed by atoms with Crippen molar-refractivity contribution in [1.82, 2.24) is 5.32 Å². The summed E-state index contributed by atoms with van der Waals surface area (Å²) in [5.41, 5.74) is 0.498. The molecule has 0 bridgehead atoms. The van der Waals surface area contributed by atoms with Crippen LogP contribution in [0.25, 0.3) is 0 Å². The predicted molar refractivity (Wildman–Crippen MR) is 90.9 cm³/mol. The first-order valence-electron chi connectivity index (χ1n) is 8.18. The maximum absolute atomic E-state index is 11.8. The summed E-state index contributed by atoms with van der Waals surface area (Å²) in [5, 5.41) is 6.45. The molecule has 1 aromatic carbocycles. The summed E-state index contributed by atoms with van der Waals surface area (Å²) in [4.78, 5) is 11.8. The van der Waals surface area contributed by atoms with Gasteiger partial charge >= 0.3 is 6.09 Å². The fourth-order valence-corrected chi connectivity index (χ4v) is 2.73. The summed E-state index contributed by atoms with van der Waals surface area (Å²) in [6.45, 7) is 5.62. The van der Waals surface area contributed by atoms with E-state index in [1.807, 2.05) is 39.0 Å². The van der Waals surface area contributed by atoms with E-state index in [1.54, 1.807) is 7.11 Å². The lowest BCUT2D eigenvalue weighted by molar-refractivity contribution is 0.0492. The van der Waals surface area contributed by atoms with Gasteiger partial charge in [0.2, 0.25) is 0 Å². The van der Waals surface area contributed by atoms with Crippen molar-refractivity contribution in [1.29, 1.82) is 0 Å². The third-order valence-corrected chi connectivity index (χ3v) is 3.80. The van der Waals surface area contributed by atoms with Gasteiger partial charge in [0, 0.05) is 17.8 Å². The number of amides is 1. The molecule has 0 aliphatic heterocycles. The topological polar surface area (TPSA) is 59.6 Å². The number of methoxy groups -OCH3 is 1. The molecule has 0 aromatic heterocycles. The molecule has 5 heteroatoms. The van der Waals surface area contributed by atoms with Crippen LogP contribution in [-0.4, -0.2) is 30.9 Å². The predicted octanol–water partition coefficient (Wildman–Crippen LogP) is 3.74. The van der Waals surface area contributed by atoms with Gasteiger partial charge in [0.25, 0.3) is 0 Å². The monoisotopic (exact) mass is 319 g/mol. The summed E-state index contributed by atoms with van der Waals surface area (Å²) in [5.74, 6) is 0.732. The van der Waals surface area contributed by atoms with Crippen LogP contribution in [0.3, 0.4) is 0 Å². The number of hydrogen-bond donors (Lipinski definition) is 2. The lowest BCUT2D eigenvalue weighted by atomic mass is 9.91. The highest BCUT2D eigenvalue weighted by atomic mass is 16.6. The number of alkyl carbamates (subject to hydrolysis) is 1. The highest BCUT2D eigenvalue weighted by molar-refractivity contribution is 5.68. The van der Waals surface area contributed by atoms with E-state index in [1.165, 1.54) is 0 Å². The number of ether oxygens (including phenoxy) is 2. The first-order valence-corrected chi connectivity index (χ1v) is 8.18. The van der Waals surface area contributed by atoms with Crippen molar-refractivity contribution in [2.75, 3.05) is 12.4 Å². The van der Waals surface area contributed by atoms with Gasteiger partial charge in [-0.2, -0.15) is 0 Å². The summed E-state index contributed by atoms with van der Waals surface area (Å²) in [6, 6.07) is 9.60. The van der Waals surface area contributed by atoms with Crippen molar-refractivity contribution >= 4 is 11.8 Å². The third kappa shape index (κ3) is 6.00. The number of hydrogen-bond acceptors (Lipinski definition) is 4. The third-order valence-electron chi connectivity index (χ3n) is 3.80. The van der Waals surface area contributed by atoms with Crippen LogP contribution in [0.2, 0.25) is 0 Å². The Morgan fingerprint density at radius 3 is 2.43 bits per heavy atom. The standard InChI is InChI=1S/C18H27N2O3/c1-18(2,3)23-17(21)20-14-10-8-13(9-11-14)19-15-6-5-7-16(12-15)22-4/h5-7,13-14,19H,8-11H2,1-4H3,(H,20,21). The lowest BCUT2D eigenvalue weighted by Crippen LogP contribution is -2.42. The van der Waals surface area contributed by atoms with Gasteiger partial charge in [0.1, 0.15) is 11.4 Å². The van der Waals surface area contributed by atoms with Crippen molar-refractivity contribution in [3.8, 4) is 5.75 Å². The van der Waals surface area contributed by atoms with Gasteiger partial charge in [0.05, 0.1) is 13.2 Å². The maximum atomic E-state index is 11.8. The van der Waals surface area contributed by atoms with Crippen molar-refractivity contribution in [3.05, 3.63) is 24.3 Å². The molecule has 1 aliphatic carbocycles. The fraction of sp³-hybridized carbons (Fsp3) is 0.611. The summed E-state index contributed by atoms with van der Waals surface area (Å²) in [7, 11) is 1.64. The quantitative estimate of drug-likeness (QED) is 0.887. The molecule has 1 saturated carbocycles. The fourth-order valence-electron chi connectivity index (χ4n) is 2.73. The molecule has 0 heterocycles. The first-order chi connectivity index (χ1) is 10.9. The van der Waals surface area contributed by atoms with Crippen LogP contribution in [0.1, 0.15) is 46.5 Å². The minimum Gasteiger partial charge on any atom is -0.496 e. The molecule has 1 amide bonds. The van der Waals surface area contributed by atoms with E-state index in [-0.39, 0.29) is 12.1 Å². The van der Waals surface area contributed by atoms with Crippen LogP contribution in [0.5, 0.6) is 5.75 Å². The Morgan fingerprint density at radius 1 is 1.17 bits per heavy atom. The molecule has 23 heavy (non-hydrogen) atoms. The van der Waals surface area contributed by atoms with Crippen LogP contribution in [0.4, 0.5) is 10.5 Å². The summed E-state index contributed by atoms with van der Waals surface area (Å²) in [6.07, 6.45) is 3.58. The van der Waals surface area contributed by atoms with Gasteiger partial charge in [-0.1, -0.05) is 6.07 Å². The van der Waals surface area contributed by atoms with Crippen LogP contribution in [0, 0.1) is 6.07 Å². The zero-order valence-corrected chi connectivity index (χ0v) is 14.4. The van der Waals surface area contributed by atoms with Crippen LogP contribution in [0.15, 0.2) is 18.2 Å². The average molecular weight is 319 g/mol. The molecule has 0 atom stereocenters. The summed E-state index contributed by atoms with van der Waals surface area (Å²) < 4.78 is 10.5. The van der Waals surface area contributed by atoms with Crippen LogP contribution >= 0.6 is 0 Å². The van der Waals surface area contributed by atoms with Crippen molar-refractivity contribution in [2.45, 2.75) is 64.1 Å². The molecule has 0 spiro atoms. The van der Waals surface area contributed by atoms with E-state index in [0.29, 0.717) is 6.04 Å². The number of nitrogens with one attached hydrogen (secondary N) is 2. The Hall–Kier alpha value is -1.91. The Labute approximate surface area is 138 Å². The zero-order chi connectivity index (χ0) is 16.9. The van der Waals surface area contributed by atoms with Crippen molar-refractivity contribution in [3.63, 3.8) is 0 Å². The number of carbonyl (C=O) groups is 1. The Bertz CT molecular complexity index is 517. The minimum absolute atomic E-state index is 0.192. The Morgan fingerprint density at radius 2 is 1.83 bits per heavy atom. The number of benzene rings is 1. The smallest absolute Gasteiger partial charge is 0.407 e. The van der Waals surface area contributed by atoms with E-state index in [9.17, 15) is 4.79 Å². The molecule has 0 saturated heterocycles. The second-order valence-corrected chi connectivity index (χ2v) is 6.97. The Balaban J connectivity index is 1.76. The SMILES string of the molecule is COc1[c]c(NC2CCC(NC(=O)OC(C)(C)C)CC2)ccc1. The van der Waals surface area contributed by atoms with E-state index >= 15 is 0 Å². The maximum Gasteiger partial charge on any atom is 0.407 e. The van der Waals surface area contributed by atoms with E-state index < -0.39 is 5.60 Å². The van der Waals surface area contributed by atoms with Gasteiger partial charge < -0.3 is 20.1 Å². The van der Waals surface area contributed by atoms with Gasteiger partial charge in [-0.3, -0.25) is 0 Å². The molecule has 5 nitrogen and oxygen atoms in total. The average Bonchev–Trinajstić information content (AvgIpc) is 2.47. The van der Waals surface area contributed by atoms with Crippen molar-refractivity contribution < 1.29 is 14.3 Å². The lowest BCUT2D eigenvalue weighted by Gasteiger charge is -2.31. The minimum atomic E-state index is -0.453. The number of rotatable bonds is 4. The molecule has 1 fully saturated rings. The first kappa shape index (κ1) is 17.4. The molecule has 2 N–H and O–H groups in total. The normalized spacial score (nSPS) is 21.4. The highest BCUT2D eigenvalue weighted by Gasteiger charge is 2.24. The van der Waals surface area contributed by atoms with Gasteiger partial charge in [-0.15, -0.1) is 0 Å². The molecule has 1 aromatic rings. The Kier molecular flexibility index (Phi) is 5.74. The second kappa shape index (κ2) is 7.57. The van der Waals surface area contributed by atoms with Gasteiger partial charge in [-0.25, -0.2) is 4.79 Å². The molecular formula is C18H27N2O3. The molecule has 1 aliphatic rings. The second-order valence-electron chi connectivity index (χ2n) is 6.97. The zero-order valence-electron chi connectivity index (χ0n) is 14.4. The molecular weight excluding hydrogens is 292 g/mol. The molecule has 1 radical (unpaired) electrons. The van der Waals surface area contributed by atoms with Crippen LogP contribution in [-0.2, 0) is 4.74 Å². The van der Waals surface area contributed by atoms with E-state index in [2.05, 4.69) is 16.7 Å². The van der Waals surface area contributed by atoms with Gasteiger partial charge in [0.15, 0.2) is 0 Å². The number of anilines is 1. The molecule has 0 unspecified atom stereocenters. The number of carbonyl (C=O) groups excluding carboxylic acids is 1. The van der Waals surface area contributed by atoms with E-state index in [4.69, 9.17) is 9.47 Å².